The van der Waals surface area contributed by atoms with Crippen LogP contribution in [0.3, 0.4) is 0 Å². The molecule has 0 spiro atoms. The number of benzene rings is 1. The lowest BCUT2D eigenvalue weighted by atomic mass is 9.92. The first-order valence-electron chi connectivity index (χ1n) is 6.76. The van der Waals surface area contributed by atoms with E-state index in [4.69, 9.17) is 0 Å². The molecule has 2 aromatic rings. The summed E-state index contributed by atoms with van der Waals surface area (Å²) >= 11 is 0. The van der Waals surface area contributed by atoms with Crippen LogP contribution in [-0.4, -0.2) is 10.1 Å². The van der Waals surface area contributed by atoms with Crippen molar-refractivity contribution < 1.29 is 5.11 Å². The van der Waals surface area contributed by atoms with Gasteiger partial charge in [-0.25, -0.2) is 0 Å². The molecule has 0 fully saturated rings. The third-order valence-corrected chi connectivity index (χ3v) is 3.50. The maximum absolute atomic E-state index is 11.8. The SMILES string of the molecule is CC(C)c1ccc(C(C)C)c2c(O)cc(=O)c(=O)[nH]c12. The Morgan fingerprint density at radius 1 is 1.00 bits per heavy atom. The van der Waals surface area contributed by atoms with Crippen molar-refractivity contribution in [3.63, 3.8) is 0 Å². The van der Waals surface area contributed by atoms with Crippen molar-refractivity contribution in [3.8, 4) is 5.75 Å². The summed E-state index contributed by atoms with van der Waals surface area (Å²) in [4.78, 5) is 26.0. The topological polar surface area (TPSA) is 70.2 Å². The van der Waals surface area contributed by atoms with Crippen LogP contribution in [0.5, 0.6) is 5.75 Å². The number of aromatic nitrogens is 1. The van der Waals surface area contributed by atoms with Gasteiger partial charge in [-0.3, -0.25) is 9.59 Å². The Morgan fingerprint density at radius 2 is 1.55 bits per heavy atom. The third-order valence-electron chi connectivity index (χ3n) is 3.50. The third kappa shape index (κ3) is 2.33. The van der Waals surface area contributed by atoms with Gasteiger partial charge < -0.3 is 10.1 Å². The molecule has 4 heteroatoms. The summed E-state index contributed by atoms with van der Waals surface area (Å²) in [7, 11) is 0. The maximum atomic E-state index is 11.8. The Balaban J connectivity index is 3.13. The molecule has 2 rings (SSSR count). The fraction of sp³-hybridized carbons (Fsp3) is 0.375. The van der Waals surface area contributed by atoms with E-state index in [0.717, 1.165) is 17.2 Å². The fourth-order valence-electron chi connectivity index (χ4n) is 2.44. The van der Waals surface area contributed by atoms with Gasteiger partial charge in [-0.05, 0) is 23.0 Å². The molecule has 1 heterocycles. The van der Waals surface area contributed by atoms with E-state index in [1.165, 1.54) is 0 Å². The van der Waals surface area contributed by atoms with Gasteiger partial charge >= 0.3 is 0 Å². The zero-order valence-corrected chi connectivity index (χ0v) is 12.2. The number of aromatic amines is 1. The molecule has 0 bridgehead atoms. The highest BCUT2D eigenvalue weighted by Gasteiger charge is 2.15. The predicted octanol–water partition coefficient (Wildman–Crippen LogP) is 2.84. The minimum Gasteiger partial charge on any atom is -0.507 e. The quantitative estimate of drug-likeness (QED) is 0.827. The van der Waals surface area contributed by atoms with Crippen molar-refractivity contribution in [3.05, 3.63) is 49.9 Å². The molecule has 0 atom stereocenters. The lowest BCUT2D eigenvalue weighted by molar-refractivity contribution is 0.481. The van der Waals surface area contributed by atoms with Gasteiger partial charge in [0.2, 0.25) is 5.43 Å². The zero-order chi connectivity index (χ0) is 15.0. The van der Waals surface area contributed by atoms with Crippen molar-refractivity contribution in [1.29, 1.82) is 0 Å². The molecule has 4 nitrogen and oxygen atoms in total. The van der Waals surface area contributed by atoms with Crippen LogP contribution in [0.2, 0.25) is 0 Å². The van der Waals surface area contributed by atoms with E-state index in [-0.39, 0.29) is 17.6 Å². The van der Waals surface area contributed by atoms with Crippen molar-refractivity contribution in [2.45, 2.75) is 39.5 Å². The standard InChI is InChI=1S/C16H19NO3/c1-8(2)10-5-6-11(9(3)4)15-14(10)12(18)7-13(19)16(20)17-15/h5-9,18H,1-4H3,(H,17,19,20). The Hall–Kier alpha value is -2.10. The first kappa shape index (κ1) is 14.3. The number of H-pyrrole nitrogens is 1. The lowest BCUT2D eigenvalue weighted by Gasteiger charge is -2.14. The monoisotopic (exact) mass is 273 g/mol. The summed E-state index contributed by atoms with van der Waals surface area (Å²) < 4.78 is 0. The first-order chi connectivity index (χ1) is 9.32. The van der Waals surface area contributed by atoms with Crippen LogP contribution in [0.4, 0.5) is 0 Å². The highest BCUT2D eigenvalue weighted by Crippen LogP contribution is 2.33. The van der Waals surface area contributed by atoms with E-state index in [1.54, 1.807) is 0 Å². The molecule has 1 aromatic carbocycles. The number of hydrogen-bond acceptors (Lipinski definition) is 3. The van der Waals surface area contributed by atoms with Gasteiger partial charge in [0, 0.05) is 11.5 Å². The van der Waals surface area contributed by atoms with Crippen LogP contribution in [0.1, 0.15) is 50.7 Å². The molecule has 0 amide bonds. The fourth-order valence-corrected chi connectivity index (χ4v) is 2.44. The normalized spacial score (nSPS) is 11.5. The average molecular weight is 273 g/mol. The zero-order valence-electron chi connectivity index (χ0n) is 12.2. The summed E-state index contributed by atoms with van der Waals surface area (Å²) in [5, 5.41) is 10.8. The van der Waals surface area contributed by atoms with Crippen molar-refractivity contribution in [1.82, 2.24) is 4.98 Å². The van der Waals surface area contributed by atoms with E-state index < -0.39 is 11.0 Å². The van der Waals surface area contributed by atoms with Gasteiger partial charge in [0.1, 0.15) is 5.75 Å². The van der Waals surface area contributed by atoms with Gasteiger partial charge in [-0.2, -0.15) is 0 Å². The first-order valence-corrected chi connectivity index (χ1v) is 6.76. The largest absolute Gasteiger partial charge is 0.507 e. The predicted molar refractivity (Wildman–Crippen MR) is 80.7 cm³/mol. The van der Waals surface area contributed by atoms with Crippen LogP contribution >= 0.6 is 0 Å². The summed E-state index contributed by atoms with van der Waals surface area (Å²) in [6.45, 7) is 8.02. The van der Waals surface area contributed by atoms with Crippen LogP contribution in [0.25, 0.3) is 10.9 Å². The van der Waals surface area contributed by atoms with Crippen molar-refractivity contribution >= 4 is 10.9 Å². The number of fused-ring (bicyclic) bond motifs is 1. The van der Waals surface area contributed by atoms with Gasteiger partial charge in [-0.1, -0.05) is 39.8 Å². The number of aromatic hydroxyl groups is 1. The van der Waals surface area contributed by atoms with E-state index in [2.05, 4.69) is 4.98 Å². The molecule has 1 aromatic heterocycles. The molecular formula is C16H19NO3. The number of rotatable bonds is 2. The summed E-state index contributed by atoms with van der Waals surface area (Å²) in [6.07, 6.45) is 0. The average Bonchev–Trinajstić information content (AvgIpc) is 2.46. The van der Waals surface area contributed by atoms with Crippen LogP contribution in [-0.2, 0) is 0 Å². The van der Waals surface area contributed by atoms with E-state index in [1.807, 2.05) is 39.8 Å². The smallest absolute Gasteiger partial charge is 0.296 e. The Kier molecular flexibility index (Phi) is 3.66. The van der Waals surface area contributed by atoms with E-state index in [0.29, 0.717) is 10.9 Å². The molecule has 20 heavy (non-hydrogen) atoms. The summed E-state index contributed by atoms with van der Waals surface area (Å²) in [6, 6.07) is 4.89. The second-order valence-corrected chi connectivity index (χ2v) is 5.65. The van der Waals surface area contributed by atoms with Gasteiger partial charge in [0.15, 0.2) is 0 Å². The number of hydrogen-bond donors (Lipinski definition) is 2. The second kappa shape index (κ2) is 5.12. The van der Waals surface area contributed by atoms with Gasteiger partial charge in [0.25, 0.3) is 5.56 Å². The Bertz CT molecular complexity index is 773. The minimum absolute atomic E-state index is 0.144. The molecular weight excluding hydrogens is 254 g/mol. The Labute approximate surface area is 117 Å². The second-order valence-electron chi connectivity index (χ2n) is 5.65. The molecule has 0 unspecified atom stereocenters. The molecule has 0 aliphatic rings. The minimum atomic E-state index is -0.733. The Morgan fingerprint density at radius 3 is 2.10 bits per heavy atom. The summed E-state index contributed by atoms with van der Waals surface area (Å²) in [5.74, 6) is 0.200. The molecule has 0 aliphatic heterocycles. The van der Waals surface area contributed by atoms with Crippen molar-refractivity contribution in [2.24, 2.45) is 0 Å². The highest BCUT2D eigenvalue weighted by atomic mass is 16.3. The maximum Gasteiger partial charge on any atom is 0.296 e. The van der Waals surface area contributed by atoms with E-state index in [9.17, 15) is 14.7 Å². The molecule has 0 saturated heterocycles. The highest BCUT2D eigenvalue weighted by molar-refractivity contribution is 5.90. The van der Waals surface area contributed by atoms with Crippen LogP contribution < -0.4 is 11.0 Å². The van der Waals surface area contributed by atoms with Crippen LogP contribution in [0, 0.1) is 0 Å². The van der Waals surface area contributed by atoms with Crippen molar-refractivity contribution in [2.75, 3.05) is 0 Å². The molecule has 0 saturated carbocycles. The van der Waals surface area contributed by atoms with Crippen LogP contribution in [0.15, 0.2) is 27.8 Å². The van der Waals surface area contributed by atoms with Gasteiger partial charge in [-0.15, -0.1) is 0 Å². The van der Waals surface area contributed by atoms with Gasteiger partial charge in [0.05, 0.1) is 5.52 Å². The molecule has 2 N–H and O–H groups in total. The van der Waals surface area contributed by atoms with E-state index >= 15 is 0 Å². The summed E-state index contributed by atoms with van der Waals surface area (Å²) in [5.41, 5.74) is 0.928. The molecule has 0 aliphatic carbocycles. The lowest BCUT2D eigenvalue weighted by Crippen LogP contribution is -2.22. The molecule has 106 valence electrons. The molecule has 0 radical (unpaired) electrons. The number of nitrogens with one attached hydrogen (secondary N) is 1.